The molecular formula is C19H25N5O. The summed E-state index contributed by atoms with van der Waals surface area (Å²) in [5.74, 6) is 0.222. The average molecular weight is 339 g/mol. The van der Waals surface area contributed by atoms with Gasteiger partial charge in [-0.25, -0.2) is 0 Å². The normalized spacial score (nSPS) is 22.0. The van der Waals surface area contributed by atoms with Crippen LogP contribution in [-0.4, -0.2) is 28.3 Å². The molecule has 1 aromatic carbocycles. The molecule has 0 saturated carbocycles. The lowest BCUT2D eigenvalue weighted by Gasteiger charge is -2.27. The zero-order chi connectivity index (χ0) is 17.7. The molecule has 1 unspecified atom stereocenters. The highest BCUT2D eigenvalue weighted by atomic mass is 16.2. The smallest absolute Gasteiger partial charge is 0.256 e. The lowest BCUT2D eigenvalue weighted by atomic mass is 9.87. The van der Waals surface area contributed by atoms with Gasteiger partial charge in [0.15, 0.2) is 0 Å². The summed E-state index contributed by atoms with van der Waals surface area (Å²) in [4.78, 5) is 13.3. The molecule has 1 aliphatic heterocycles. The van der Waals surface area contributed by atoms with Gasteiger partial charge in [0.25, 0.3) is 5.91 Å². The standard InChI is InChI=1S/C19H25N5O/c1-10-7-11(2)17-14(8-10)13(5-6-22-17)19(25)24-18(21)15-9-12(20)3-4-16(15)23-24/h7-8,12-13,22H,3-6,9,20-21H2,1-2H3/t12-,13?/m1/s1. The second-order valence-electron chi connectivity index (χ2n) is 7.38. The fourth-order valence-electron chi connectivity index (χ4n) is 4.21. The van der Waals surface area contributed by atoms with Crippen molar-refractivity contribution < 1.29 is 4.79 Å². The molecule has 25 heavy (non-hydrogen) atoms. The van der Waals surface area contributed by atoms with Crippen LogP contribution in [0.15, 0.2) is 12.1 Å². The van der Waals surface area contributed by atoms with Gasteiger partial charge in [-0.15, -0.1) is 0 Å². The number of hydrogen-bond donors (Lipinski definition) is 3. The molecule has 0 spiro atoms. The number of benzene rings is 1. The van der Waals surface area contributed by atoms with Crippen LogP contribution in [0.5, 0.6) is 0 Å². The number of aromatic nitrogens is 2. The third kappa shape index (κ3) is 2.61. The van der Waals surface area contributed by atoms with E-state index >= 15 is 0 Å². The fraction of sp³-hybridized carbons (Fsp3) is 0.474. The van der Waals surface area contributed by atoms with Crippen LogP contribution in [0.25, 0.3) is 0 Å². The fourth-order valence-corrected chi connectivity index (χ4v) is 4.21. The number of fused-ring (bicyclic) bond motifs is 2. The first kappa shape index (κ1) is 16.1. The molecular weight excluding hydrogens is 314 g/mol. The van der Waals surface area contributed by atoms with Gasteiger partial charge in [-0.3, -0.25) is 4.79 Å². The van der Waals surface area contributed by atoms with Crippen molar-refractivity contribution in [2.45, 2.75) is 51.5 Å². The van der Waals surface area contributed by atoms with Crippen LogP contribution in [0.3, 0.4) is 0 Å². The SMILES string of the molecule is Cc1cc(C)c2c(c1)C(C(=O)n1nc3c(c1N)C[C@H](N)CC3)CCN2. The minimum absolute atomic E-state index is 0.0341. The van der Waals surface area contributed by atoms with Crippen LogP contribution in [0.2, 0.25) is 0 Å². The Morgan fingerprint density at radius 1 is 1.32 bits per heavy atom. The number of hydrogen-bond acceptors (Lipinski definition) is 5. The van der Waals surface area contributed by atoms with E-state index in [4.69, 9.17) is 11.5 Å². The van der Waals surface area contributed by atoms with Crippen LogP contribution >= 0.6 is 0 Å². The molecule has 1 aromatic heterocycles. The number of carbonyl (C=O) groups excluding carboxylic acids is 1. The second kappa shape index (κ2) is 5.88. The maximum atomic E-state index is 13.3. The first-order valence-corrected chi connectivity index (χ1v) is 8.96. The molecule has 2 aliphatic rings. The van der Waals surface area contributed by atoms with Crippen LogP contribution in [0, 0.1) is 13.8 Å². The zero-order valence-corrected chi connectivity index (χ0v) is 14.8. The van der Waals surface area contributed by atoms with Crippen molar-refractivity contribution in [2.24, 2.45) is 5.73 Å². The number of nitrogen functional groups attached to an aromatic ring is 1. The van der Waals surface area contributed by atoms with Crippen molar-refractivity contribution in [2.75, 3.05) is 17.6 Å². The number of nitrogens with zero attached hydrogens (tertiary/aromatic N) is 2. The molecule has 132 valence electrons. The van der Waals surface area contributed by atoms with Gasteiger partial charge in [-0.2, -0.15) is 9.78 Å². The summed E-state index contributed by atoms with van der Waals surface area (Å²) in [6, 6.07) is 4.35. The van der Waals surface area contributed by atoms with Crippen molar-refractivity contribution in [3.05, 3.63) is 40.1 Å². The van der Waals surface area contributed by atoms with Crippen molar-refractivity contribution in [3.63, 3.8) is 0 Å². The topological polar surface area (TPSA) is 99.0 Å². The zero-order valence-electron chi connectivity index (χ0n) is 14.8. The summed E-state index contributed by atoms with van der Waals surface area (Å²) < 4.78 is 1.43. The molecule has 5 N–H and O–H groups in total. The monoisotopic (exact) mass is 339 g/mol. The average Bonchev–Trinajstić information content (AvgIpc) is 2.90. The molecule has 1 aliphatic carbocycles. The lowest BCUT2D eigenvalue weighted by Crippen LogP contribution is -2.29. The highest BCUT2D eigenvalue weighted by molar-refractivity contribution is 5.90. The summed E-state index contributed by atoms with van der Waals surface area (Å²) in [6.45, 7) is 4.92. The van der Waals surface area contributed by atoms with E-state index < -0.39 is 0 Å². The third-order valence-corrected chi connectivity index (χ3v) is 5.45. The molecule has 0 saturated heterocycles. The van der Waals surface area contributed by atoms with Gasteiger partial charge in [-0.05, 0) is 50.7 Å². The number of aryl methyl sites for hydroxylation is 3. The van der Waals surface area contributed by atoms with E-state index in [2.05, 4.69) is 36.4 Å². The highest BCUT2D eigenvalue weighted by Crippen LogP contribution is 2.37. The Morgan fingerprint density at radius 2 is 2.12 bits per heavy atom. The molecule has 2 aromatic rings. The predicted octanol–water partition coefficient (Wildman–Crippen LogP) is 2.14. The third-order valence-electron chi connectivity index (χ3n) is 5.45. The van der Waals surface area contributed by atoms with Crippen molar-refractivity contribution >= 4 is 17.4 Å². The number of carbonyl (C=O) groups is 1. The Bertz CT molecular complexity index is 854. The Hall–Kier alpha value is -2.34. The minimum Gasteiger partial charge on any atom is -0.385 e. The molecule has 6 heteroatoms. The highest BCUT2D eigenvalue weighted by Gasteiger charge is 2.32. The van der Waals surface area contributed by atoms with E-state index in [0.29, 0.717) is 12.2 Å². The Labute approximate surface area is 147 Å². The second-order valence-corrected chi connectivity index (χ2v) is 7.38. The minimum atomic E-state index is -0.216. The molecule has 2 atom stereocenters. The molecule has 2 heterocycles. The molecule has 0 fully saturated rings. The molecule has 4 rings (SSSR count). The van der Waals surface area contributed by atoms with Crippen molar-refractivity contribution in [3.8, 4) is 0 Å². The van der Waals surface area contributed by atoms with E-state index in [1.54, 1.807) is 0 Å². The van der Waals surface area contributed by atoms with E-state index in [0.717, 1.165) is 53.9 Å². The lowest BCUT2D eigenvalue weighted by molar-refractivity contribution is 0.0859. The summed E-state index contributed by atoms with van der Waals surface area (Å²) in [5, 5.41) is 7.98. The van der Waals surface area contributed by atoms with Crippen LogP contribution in [0.4, 0.5) is 11.5 Å². The van der Waals surface area contributed by atoms with E-state index in [9.17, 15) is 4.79 Å². The van der Waals surface area contributed by atoms with E-state index in [1.165, 1.54) is 10.2 Å². The van der Waals surface area contributed by atoms with Gasteiger partial charge in [0.1, 0.15) is 5.82 Å². The Balaban J connectivity index is 1.74. The first-order valence-electron chi connectivity index (χ1n) is 8.96. The number of nitrogens with two attached hydrogens (primary N) is 2. The molecule has 6 nitrogen and oxygen atoms in total. The van der Waals surface area contributed by atoms with Gasteiger partial charge >= 0.3 is 0 Å². The van der Waals surface area contributed by atoms with Crippen molar-refractivity contribution in [1.82, 2.24) is 9.78 Å². The Kier molecular flexibility index (Phi) is 3.80. The summed E-state index contributed by atoms with van der Waals surface area (Å²) in [6.07, 6.45) is 3.14. The quantitative estimate of drug-likeness (QED) is 0.739. The summed E-state index contributed by atoms with van der Waals surface area (Å²) >= 11 is 0. The Morgan fingerprint density at radius 3 is 2.92 bits per heavy atom. The first-order chi connectivity index (χ1) is 12.0. The predicted molar refractivity (Wildman–Crippen MR) is 99.0 cm³/mol. The largest absolute Gasteiger partial charge is 0.385 e. The van der Waals surface area contributed by atoms with Crippen LogP contribution in [0.1, 0.15) is 51.5 Å². The maximum absolute atomic E-state index is 13.3. The molecule has 0 amide bonds. The van der Waals surface area contributed by atoms with E-state index in [1.807, 2.05) is 0 Å². The number of nitrogens with one attached hydrogen (secondary N) is 1. The van der Waals surface area contributed by atoms with Crippen LogP contribution in [-0.2, 0) is 12.8 Å². The number of rotatable bonds is 1. The molecule has 0 radical (unpaired) electrons. The van der Waals surface area contributed by atoms with Gasteiger partial charge in [0.2, 0.25) is 0 Å². The van der Waals surface area contributed by atoms with Gasteiger partial charge in [-0.1, -0.05) is 17.7 Å². The number of anilines is 2. The van der Waals surface area contributed by atoms with E-state index in [-0.39, 0.29) is 17.9 Å². The van der Waals surface area contributed by atoms with Gasteiger partial charge in [0, 0.05) is 23.8 Å². The van der Waals surface area contributed by atoms with Crippen LogP contribution < -0.4 is 16.8 Å². The maximum Gasteiger partial charge on any atom is 0.256 e. The summed E-state index contributed by atoms with van der Waals surface area (Å²) in [7, 11) is 0. The van der Waals surface area contributed by atoms with Gasteiger partial charge < -0.3 is 16.8 Å². The van der Waals surface area contributed by atoms with Gasteiger partial charge in [0.05, 0.1) is 11.6 Å². The summed E-state index contributed by atoms with van der Waals surface area (Å²) in [5.41, 5.74) is 18.7. The molecule has 0 bridgehead atoms. The van der Waals surface area contributed by atoms with Crippen molar-refractivity contribution in [1.29, 1.82) is 0 Å².